The molecule has 7 nitrogen and oxygen atoms in total. The van der Waals surface area contributed by atoms with Gasteiger partial charge in [-0.1, -0.05) is 44.4 Å². The number of aryl methyl sites for hydroxylation is 1. The number of carbonyl (C=O) groups excluding carboxylic acids is 2. The van der Waals surface area contributed by atoms with Gasteiger partial charge in [0.15, 0.2) is 29.8 Å². The van der Waals surface area contributed by atoms with Crippen molar-refractivity contribution in [2.75, 3.05) is 11.9 Å². The fraction of sp³-hybridized carbons (Fsp3) is 0.304. The molecule has 0 unspecified atom stereocenters. The van der Waals surface area contributed by atoms with E-state index in [0.717, 1.165) is 25.3 Å². The number of carbonyl (C=O) groups is 2. The van der Waals surface area contributed by atoms with E-state index in [1.165, 1.54) is 4.68 Å². The minimum absolute atomic E-state index is 0.146. The molecule has 10 heteroatoms. The Bertz CT molecular complexity index is 1240. The van der Waals surface area contributed by atoms with E-state index in [0.29, 0.717) is 19.0 Å². The molecule has 0 atom stereocenters. The van der Waals surface area contributed by atoms with Crippen LogP contribution in [0.5, 0.6) is 0 Å². The molecule has 0 aliphatic rings. The summed E-state index contributed by atoms with van der Waals surface area (Å²) in [5, 5.41) is 6.70. The zero-order valence-corrected chi connectivity index (χ0v) is 17.9. The number of benzene rings is 2. The number of anilines is 1. The Balaban J connectivity index is 1.76. The first-order chi connectivity index (χ1) is 15.8. The van der Waals surface area contributed by atoms with Crippen LogP contribution in [0.2, 0.25) is 0 Å². The van der Waals surface area contributed by atoms with Gasteiger partial charge in [-0.3, -0.25) is 9.59 Å². The Kier molecular flexibility index (Phi) is 7.81. The molecule has 33 heavy (non-hydrogen) atoms. The molecule has 174 valence electrons. The van der Waals surface area contributed by atoms with Crippen molar-refractivity contribution in [3.63, 3.8) is 0 Å². The van der Waals surface area contributed by atoms with Crippen LogP contribution in [0, 0.1) is 17.5 Å². The summed E-state index contributed by atoms with van der Waals surface area (Å²) in [4.78, 5) is 37.4. The molecule has 2 aromatic carbocycles. The molecule has 0 bridgehead atoms. The molecule has 3 aromatic rings. The summed E-state index contributed by atoms with van der Waals surface area (Å²) >= 11 is 0. The first kappa shape index (κ1) is 24.0. The largest absolute Gasteiger partial charge is 0.451 e. The number of hydrogen-bond acceptors (Lipinski definition) is 5. The molecular weight excluding hydrogens is 439 g/mol. The van der Waals surface area contributed by atoms with Crippen molar-refractivity contribution in [2.45, 2.75) is 39.2 Å². The second kappa shape index (κ2) is 10.8. The predicted molar refractivity (Wildman–Crippen MR) is 115 cm³/mol. The molecule has 1 aromatic heterocycles. The average Bonchev–Trinajstić information content (AvgIpc) is 2.82. The van der Waals surface area contributed by atoms with Crippen molar-refractivity contribution in [3.8, 4) is 0 Å². The van der Waals surface area contributed by atoms with E-state index in [4.69, 9.17) is 4.74 Å². The molecule has 0 saturated carbocycles. The highest BCUT2D eigenvalue weighted by molar-refractivity contribution is 6.03. The molecule has 1 heterocycles. The van der Waals surface area contributed by atoms with Gasteiger partial charge < -0.3 is 10.1 Å². The van der Waals surface area contributed by atoms with Crippen molar-refractivity contribution < 1.29 is 27.5 Å². The number of unbranched alkanes of at least 4 members (excludes halogenated alkanes) is 3. The number of halogens is 3. The molecule has 0 aliphatic carbocycles. The number of rotatable bonds is 9. The quantitative estimate of drug-likeness (QED) is 0.293. The summed E-state index contributed by atoms with van der Waals surface area (Å²) in [5.41, 5.74) is -1.09. The van der Waals surface area contributed by atoms with Crippen LogP contribution in [0.25, 0.3) is 10.8 Å². The van der Waals surface area contributed by atoms with E-state index in [1.807, 2.05) is 5.32 Å². The van der Waals surface area contributed by atoms with Crippen LogP contribution in [-0.2, 0) is 16.1 Å². The fourth-order valence-corrected chi connectivity index (χ4v) is 3.23. The lowest BCUT2D eigenvalue weighted by Gasteiger charge is -2.11. The van der Waals surface area contributed by atoms with Crippen LogP contribution in [0.1, 0.15) is 43.1 Å². The Morgan fingerprint density at radius 3 is 2.45 bits per heavy atom. The van der Waals surface area contributed by atoms with Crippen molar-refractivity contribution in [1.29, 1.82) is 0 Å². The highest BCUT2D eigenvalue weighted by atomic mass is 19.2. The number of fused-ring (bicyclic) bond motifs is 1. The Morgan fingerprint density at radius 2 is 1.73 bits per heavy atom. The molecule has 0 saturated heterocycles. The number of hydrogen-bond donors (Lipinski definition) is 1. The van der Waals surface area contributed by atoms with E-state index < -0.39 is 41.6 Å². The summed E-state index contributed by atoms with van der Waals surface area (Å²) < 4.78 is 46.2. The average molecular weight is 461 g/mol. The van der Waals surface area contributed by atoms with E-state index in [-0.39, 0.29) is 22.0 Å². The van der Waals surface area contributed by atoms with Crippen molar-refractivity contribution in [3.05, 3.63) is 69.9 Å². The maximum absolute atomic E-state index is 13.7. The third-order valence-electron chi connectivity index (χ3n) is 4.93. The summed E-state index contributed by atoms with van der Waals surface area (Å²) in [6.07, 6.45) is 3.63. The lowest BCUT2D eigenvalue weighted by Crippen LogP contribution is -2.28. The maximum atomic E-state index is 13.7. The van der Waals surface area contributed by atoms with Crippen LogP contribution in [0.3, 0.4) is 0 Å². The standard InChI is InChI=1S/C23H22F3N3O4/c1-2-3-4-7-12-29-22(31)15-9-6-5-8-14(15)21(28-29)23(32)33-13-18(30)27-17-11-10-16(24)19(25)20(17)26/h5-6,8-11H,2-4,7,12-13H2,1H3,(H,27,30). The molecule has 0 aliphatic heterocycles. The molecule has 0 fully saturated rings. The predicted octanol–water partition coefficient (Wildman–Crippen LogP) is 4.19. The van der Waals surface area contributed by atoms with Gasteiger partial charge in [0.25, 0.3) is 11.5 Å². The van der Waals surface area contributed by atoms with E-state index in [1.54, 1.807) is 24.3 Å². The number of esters is 1. The fourth-order valence-electron chi connectivity index (χ4n) is 3.23. The van der Waals surface area contributed by atoms with Gasteiger partial charge in [-0.05, 0) is 24.6 Å². The van der Waals surface area contributed by atoms with Crippen molar-refractivity contribution >= 4 is 28.3 Å². The molecular formula is C23H22F3N3O4. The van der Waals surface area contributed by atoms with Crippen molar-refractivity contribution in [2.24, 2.45) is 0 Å². The van der Waals surface area contributed by atoms with Gasteiger partial charge in [-0.2, -0.15) is 5.10 Å². The normalized spacial score (nSPS) is 10.9. The minimum Gasteiger partial charge on any atom is -0.451 e. The number of nitrogens with one attached hydrogen (secondary N) is 1. The highest BCUT2D eigenvalue weighted by Crippen LogP contribution is 2.20. The van der Waals surface area contributed by atoms with Crippen LogP contribution in [0.15, 0.2) is 41.2 Å². The zero-order valence-electron chi connectivity index (χ0n) is 17.9. The lowest BCUT2D eigenvalue weighted by atomic mass is 10.1. The van der Waals surface area contributed by atoms with Crippen LogP contribution >= 0.6 is 0 Å². The Hall–Kier alpha value is -3.69. The van der Waals surface area contributed by atoms with Gasteiger partial charge in [0.1, 0.15) is 0 Å². The van der Waals surface area contributed by atoms with Crippen molar-refractivity contribution in [1.82, 2.24) is 9.78 Å². The summed E-state index contributed by atoms with van der Waals surface area (Å²) in [5.74, 6) is -6.64. The monoisotopic (exact) mass is 461 g/mol. The lowest BCUT2D eigenvalue weighted by molar-refractivity contribution is -0.119. The van der Waals surface area contributed by atoms with E-state index in [9.17, 15) is 27.6 Å². The molecule has 0 radical (unpaired) electrons. The summed E-state index contributed by atoms with van der Waals surface area (Å²) in [6.45, 7) is 1.55. The SMILES string of the molecule is CCCCCCn1nc(C(=O)OCC(=O)Nc2ccc(F)c(F)c2F)c2ccccc2c1=O. The molecule has 1 N–H and O–H groups in total. The van der Waals surface area contributed by atoms with Crippen LogP contribution in [-0.4, -0.2) is 28.3 Å². The summed E-state index contributed by atoms with van der Waals surface area (Å²) in [6, 6.07) is 7.89. The van der Waals surface area contributed by atoms with Gasteiger partial charge in [0.2, 0.25) is 0 Å². The highest BCUT2D eigenvalue weighted by Gasteiger charge is 2.20. The number of amides is 1. The second-order valence-corrected chi connectivity index (χ2v) is 7.33. The molecule has 3 rings (SSSR count). The van der Waals surface area contributed by atoms with Gasteiger partial charge >= 0.3 is 5.97 Å². The third kappa shape index (κ3) is 5.57. The van der Waals surface area contributed by atoms with E-state index in [2.05, 4.69) is 12.0 Å². The number of aromatic nitrogens is 2. The van der Waals surface area contributed by atoms with Crippen LogP contribution in [0.4, 0.5) is 18.9 Å². The first-order valence-corrected chi connectivity index (χ1v) is 10.4. The van der Waals surface area contributed by atoms with Gasteiger partial charge in [0, 0.05) is 11.9 Å². The number of nitrogens with zero attached hydrogens (tertiary/aromatic N) is 2. The zero-order chi connectivity index (χ0) is 24.0. The van der Waals surface area contributed by atoms with Gasteiger partial charge in [-0.25, -0.2) is 22.6 Å². The maximum Gasteiger partial charge on any atom is 0.359 e. The van der Waals surface area contributed by atoms with Gasteiger partial charge in [-0.15, -0.1) is 0 Å². The number of ether oxygens (including phenoxy) is 1. The molecule has 1 amide bonds. The Labute approximate surface area is 187 Å². The minimum atomic E-state index is -1.73. The topological polar surface area (TPSA) is 90.3 Å². The van der Waals surface area contributed by atoms with Crippen LogP contribution < -0.4 is 10.9 Å². The third-order valence-corrected chi connectivity index (χ3v) is 4.93. The smallest absolute Gasteiger partial charge is 0.359 e. The second-order valence-electron chi connectivity index (χ2n) is 7.33. The van der Waals surface area contributed by atoms with E-state index >= 15 is 0 Å². The first-order valence-electron chi connectivity index (χ1n) is 10.4. The molecule has 0 spiro atoms. The Morgan fingerprint density at radius 1 is 1.00 bits per heavy atom. The van der Waals surface area contributed by atoms with Gasteiger partial charge in [0.05, 0.1) is 11.1 Å². The summed E-state index contributed by atoms with van der Waals surface area (Å²) in [7, 11) is 0.